The van der Waals surface area contributed by atoms with E-state index in [1.165, 1.54) is 45.2 Å². The molecule has 2 saturated carbocycles. The van der Waals surface area contributed by atoms with Crippen LogP contribution in [0.3, 0.4) is 0 Å². The molecule has 0 aromatic heterocycles. The van der Waals surface area contributed by atoms with Gasteiger partial charge >= 0.3 is 0 Å². The molecule has 1 aliphatic heterocycles. The summed E-state index contributed by atoms with van der Waals surface area (Å²) in [5, 5.41) is 3.20. The zero-order valence-corrected chi connectivity index (χ0v) is 12.0. The molecule has 3 N–H and O–H groups in total. The maximum atomic E-state index is 12.4. The van der Waals surface area contributed by atoms with Crippen molar-refractivity contribution in [3.63, 3.8) is 0 Å². The minimum absolute atomic E-state index is 0.0831. The molecule has 0 aromatic rings. The molecule has 0 aromatic carbocycles. The summed E-state index contributed by atoms with van der Waals surface area (Å²) in [5.41, 5.74) is 6.23. The van der Waals surface area contributed by atoms with E-state index in [4.69, 9.17) is 5.73 Å². The average Bonchev–Trinajstić information content (AvgIpc) is 3.04. The maximum absolute atomic E-state index is 12.4. The molecule has 1 saturated heterocycles. The van der Waals surface area contributed by atoms with Crippen molar-refractivity contribution in [3.8, 4) is 0 Å². The molecule has 5 atom stereocenters. The summed E-state index contributed by atoms with van der Waals surface area (Å²) in [7, 11) is 0. The minimum Gasteiger partial charge on any atom is -0.352 e. The Morgan fingerprint density at radius 1 is 1.32 bits per heavy atom. The Bertz CT molecular complexity index is 338. The van der Waals surface area contributed by atoms with Crippen LogP contribution >= 0.6 is 0 Å². The molecule has 1 amide bonds. The van der Waals surface area contributed by atoms with Gasteiger partial charge in [0.15, 0.2) is 0 Å². The van der Waals surface area contributed by atoms with E-state index >= 15 is 0 Å². The molecular formula is C15H27N3O. The van der Waals surface area contributed by atoms with Crippen molar-refractivity contribution in [1.82, 2.24) is 10.2 Å². The monoisotopic (exact) mass is 265 g/mol. The highest BCUT2D eigenvalue weighted by molar-refractivity contribution is 5.80. The summed E-state index contributed by atoms with van der Waals surface area (Å²) in [5.74, 6) is 1.46. The molecule has 2 bridgehead atoms. The summed E-state index contributed by atoms with van der Waals surface area (Å²) in [6, 6.07) is 0.356. The van der Waals surface area contributed by atoms with Crippen molar-refractivity contribution >= 4 is 5.91 Å². The first-order valence-electron chi connectivity index (χ1n) is 7.93. The standard InChI is InChI=1S/C15H27N3O/c1-10(9-18-6-2-3-7-18)17-15(19)13-11-4-5-12(8-11)14(13)16/h10-14H,2-9,16H2,1H3,(H,17,19). The van der Waals surface area contributed by atoms with Crippen LogP contribution in [0.1, 0.15) is 39.0 Å². The van der Waals surface area contributed by atoms with Crippen LogP contribution < -0.4 is 11.1 Å². The van der Waals surface area contributed by atoms with Gasteiger partial charge in [0.1, 0.15) is 0 Å². The lowest BCUT2D eigenvalue weighted by atomic mass is 9.84. The van der Waals surface area contributed by atoms with E-state index < -0.39 is 0 Å². The predicted octanol–water partition coefficient (Wildman–Crippen LogP) is 0.960. The molecule has 108 valence electrons. The van der Waals surface area contributed by atoms with Gasteiger partial charge in [-0.25, -0.2) is 0 Å². The first-order chi connectivity index (χ1) is 9.15. The van der Waals surface area contributed by atoms with Crippen molar-refractivity contribution in [2.75, 3.05) is 19.6 Å². The molecule has 19 heavy (non-hydrogen) atoms. The minimum atomic E-state index is 0.0831. The number of amides is 1. The topological polar surface area (TPSA) is 58.4 Å². The second-order valence-electron chi connectivity index (χ2n) is 6.85. The Labute approximate surface area is 116 Å². The van der Waals surface area contributed by atoms with Gasteiger partial charge in [-0.1, -0.05) is 0 Å². The number of nitrogens with two attached hydrogens (primary N) is 1. The summed E-state index contributed by atoms with van der Waals surface area (Å²) in [6.07, 6.45) is 6.23. The van der Waals surface area contributed by atoms with Gasteiger partial charge in [0.2, 0.25) is 5.91 Å². The molecule has 4 heteroatoms. The number of carbonyl (C=O) groups excluding carboxylic acids is 1. The molecule has 3 fully saturated rings. The second-order valence-corrected chi connectivity index (χ2v) is 6.85. The lowest BCUT2D eigenvalue weighted by Crippen LogP contribution is -2.49. The molecule has 0 spiro atoms. The number of hydrogen-bond acceptors (Lipinski definition) is 3. The van der Waals surface area contributed by atoms with Crippen molar-refractivity contribution in [2.45, 2.75) is 51.1 Å². The van der Waals surface area contributed by atoms with E-state index in [0.717, 1.165) is 6.54 Å². The van der Waals surface area contributed by atoms with Crippen molar-refractivity contribution in [3.05, 3.63) is 0 Å². The number of hydrogen-bond donors (Lipinski definition) is 2. The lowest BCUT2D eigenvalue weighted by Gasteiger charge is -2.29. The summed E-state index contributed by atoms with van der Waals surface area (Å²) >= 11 is 0. The molecule has 3 aliphatic rings. The number of carbonyl (C=O) groups is 1. The van der Waals surface area contributed by atoms with Crippen LogP contribution in [-0.4, -0.2) is 42.5 Å². The molecular weight excluding hydrogens is 238 g/mol. The van der Waals surface area contributed by atoms with E-state index in [9.17, 15) is 4.79 Å². The first-order valence-corrected chi connectivity index (χ1v) is 7.93. The highest BCUT2D eigenvalue weighted by atomic mass is 16.2. The molecule has 1 heterocycles. The fourth-order valence-corrected chi connectivity index (χ4v) is 4.46. The van der Waals surface area contributed by atoms with Gasteiger partial charge in [0, 0.05) is 18.6 Å². The number of likely N-dealkylation sites (tertiary alicyclic amines) is 1. The van der Waals surface area contributed by atoms with E-state index in [1.807, 2.05) is 0 Å². The van der Waals surface area contributed by atoms with Crippen LogP contribution in [0.25, 0.3) is 0 Å². The SMILES string of the molecule is CC(CN1CCCC1)NC(=O)C1C2CCC(C2)C1N. The van der Waals surface area contributed by atoms with Crippen LogP contribution in [0, 0.1) is 17.8 Å². The fourth-order valence-electron chi connectivity index (χ4n) is 4.46. The fraction of sp³-hybridized carbons (Fsp3) is 0.933. The van der Waals surface area contributed by atoms with Gasteiger partial charge < -0.3 is 16.0 Å². The molecule has 4 nitrogen and oxygen atoms in total. The normalized spacial score (nSPS) is 39.7. The van der Waals surface area contributed by atoms with E-state index in [2.05, 4.69) is 17.1 Å². The molecule has 3 rings (SSSR count). The van der Waals surface area contributed by atoms with Gasteiger partial charge in [-0.3, -0.25) is 4.79 Å². The maximum Gasteiger partial charge on any atom is 0.225 e. The Morgan fingerprint density at radius 3 is 2.63 bits per heavy atom. The van der Waals surface area contributed by atoms with Gasteiger partial charge in [0.25, 0.3) is 0 Å². The van der Waals surface area contributed by atoms with Crippen molar-refractivity contribution in [2.24, 2.45) is 23.5 Å². The third-order valence-electron chi connectivity index (χ3n) is 5.40. The van der Waals surface area contributed by atoms with Crippen LogP contribution in [0.5, 0.6) is 0 Å². The summed E-state index contributed by atoms with van der Waals surface area (Å²) in [4.78, 5) is 14.9. The van der Waals surface area contributed by atoms with Crippen LogP contribution in [-0.2, 0) is 4.79 Å². The van der Waals surface area contributed by atoms with Crippen LogP contribution in [0.4, 0.5) is 0 Å². The van der Waals surface area contributed by atoms with Gasteiger partial charge in [-0.2, -0.15) is 0 Å². The van der Waals surface area contributed by atoms with Gasteiger partial charge in [-0.05, 0) is 64.0 Å². The van der Waals surface area contributed by atoms with E-state index in [0.29, 0.717) is 11.8 Å². The number of fused-ring (bicyclic) bond motifs is 2. The Hall–Kier alpha value is -0.610. The quantitative estimate of drug-likeness (QED) is 0.796. The zero-order chi connectivity index (χ0) is 13.4. The van der Waals surface area contributed by atoms with Crippen molar-refractivity contribution < 1.29 is 4.79 Å². The Balaban J connectivity index is 1.50. The third kappa shape index (κ3) is 2.65. The summed E-state index contributed by atoms with van der Waals surface area (Å²) in [6.45, 7) is 5.48. The number of nitrogens with one attached hydrogen (secondary N) is 1. The van der Waals surface area contributed by atoms with Crippen LogP contribution in [0.15, 0.2) is 0 Å². The smallest absolute Gasteiger partial charge is 0.225 e. The van der Waals surface area contributed by atoms with Crippen molar-refractivity contribution in [1.29, 1.82) is 0 Å². The lowest BCUT2D eigenvalue weighted by molar-refractivity contribution is -0.127. The largest absolute Gasteiger partial charge is 0.352 e. The number of rotatable bonds is 4. The molecule has 0 radical (unpaired) electrons. The first kappa shape index (κ1) is 13.4. The second kappa shape index (κ2) is 5.41. The Kier molecular flexibility index (Phi) is 3.81. The molecule has 2 aliphatic carbocycles. The zero-order valence-electron chi connectivity index (χ0n) is 12.0. The average molecular weight is 265 g/mol. The predicted molar refractivity (Wildman–Crippen MR) is 75.6 cm³/mol. The Morgan fingerprint density at radius 2 is 2.00 bits per heavy atom. The van der Waals surface area contributed by atoms with Gasteiger partial charge in [0.05, 0.1) is 5.92 Å². The van der Waals surface area contributed by atoms with Gasteiger partial charge in [-0.15, -0.1) is 0 Å². The highest BCUT2D eigenvalue weighted by Crippen LogP contribution is 2.47. The third-order valence-corrected chi connectivity index (χ3v) is 5.40. The highest BCUT2D eigenvalue weighted by Gasteiger charge is 2.49. The van der Waals surface area contributed by atoms with Crippen LogP contribution in [0.2, 0.25) is 0 Å². The van der Waals surface area contributed by atoms with E-state index in [1.54, 1.807) is 0 Å². The molecule has 5 unspecified atom stereocenters. The van der Waals surface area contributed by atoms with E-state index in [-0.39, 0.29) is 23.9 Å². The summed E-state index contributed by atoms with van der Waals surface area (Å²) < 4.78 is 0. The number of nitrogens with zero attached hydrogens (tertiary/aromatic N) is 1.